The number of rotatable bonds is 7. The lowest BCUT2D eigenvalue weighted by Gasteiger charge is -2.21. The molecule has 1 atom stereocenters. The molecule has 1 aromatic rings. The SMILES string of the molecule is CC(C)C(N)CCN(C)Cc1ccc(C2CC2)cc1. The molecule has 0 aromatic heterocycles. The Morgan fingerprint density at radius 2 is 1.84 bits per heavy atom. The van der Waals surface area contributed by atoms with Gasteiger partial charge in [-0.1, -0.05) is 38.1 Å². The van der Waals surface area contributed by atoms with Crippen LogP contribution in [0.4, 0.5) is 0 Å². The van der Waals surface area contributed by atoms with E-state index in [2.05, 4.69) is 50.1 Å². The fourth-order valence-corrected chi connectivity index (χ4v) is 2.41. The van der Waals surface area contributed by atoms with Gasteiger partial charge in [-0.3, -0.25) is 0 Å². The number of nitrogens with two attached hydrogens (primary N) is 1. The first-order valence-electron chi connectivity index (χ1n) is 7.59. The second kappa shape index (κ2) is 6.53. The molecular weight excluding hydrogens is 232 g/mol. The lowest BCUT2D eigenvalue weighted by Crippen LogP contribution is -2.31. The van der Waals surface area contributed by atoms with Crippen LogP contribution in [0.15, 0.2) is 24.3 Å². The molecule has 0 amide bonds. The molecule has 106 valence electrons. The van der Waals surface area contributed by atoms with Crippen LogP contribution in [0.3, 0.4) is 0 Å². The van der Waals surface area contributed by atoms with Gasteiger partial charge in [-0.05, 0) is 55.8 Å². The van der Waals surface area contributed by atoms with Gasteiger partial charge in [-0.2, -0.15) is 0 Å². The summed E-state index contributed by atoms with van der Waals surface area (Å²) in [5, 5.41) is 0. The molecule has 2 nitrogen and oxygen atoms in total. The quantitative estimate of drug-likeness (QED) is 0.814. The highest BCUT2D eigenvalue weighted by Gasteiger charge is 2.22. The molecule has 1 aromatic carbocycles. The predicted molar refractivity (Wildman–Crippen MR) is 82.2 cm³/mol. The Labute approximate surface area is 118 Å². The molecular formula is C17H28N2. The van der Waals surface area contributed by atoms with Crippen molar-refractivity contribution in [3.05, 3.63) is 35.4 Å². The van der Waals surface area contributed by atoms with E-state index >= 15 is 0 Å². The summed E-state index contributed by atoms with van der Waals surface area (Å²) in [7, 11) is 2.18. The van der Waals surface area contributed by atoms with Crippen LogP contribution < -0.4 is 5.73 Å². The Balaban J connectivity index is 1.76. The molecule has 1 fully saturated rings. The maximum atomic E-state index is 6.09. The zero-order valence-electron chi connectivity index (χ0n) is 12.6. The molecule has 2 N–H and O–H groups in total. The van der Waals surface area contributed by atoms with E-state index in [9.17, 15) is 0 Å². The normalized spacial score (nSPS) is 17.2. The average molecular weight is 260 g/mol. The van der Waals surface area contributed by atoms with E-state index < -0.39 is 0 Å². The second-order valence-corrected chi connectivity index (χ2v) is 6.45. The summed E-state index contributed by atoms with van der Waals surface area (Å²) in [4.78, 5) is 2.37. The number of hydrogen-bond acceptors (Lipinski definition) is 2. The van der Waals surface area contributed by atoms with E-state index in [0.29, 0.717) is 12.0 Å². The van der Waals surface area contributed by atoms with Crippen LogP contribution >= 0.6 is 0 Å². The highest BCUT2D eigenvalue weighted by Crippen LogP contribution is 2.39. The number of nitrogens with zero attached hydrogens (tertiary/aromatic N) is 1. The van der Waals surface area contributed by atoms with E-state index in [-0.39, 0.29) is 0 Å². The van der Waals surface area contributed by atoms with Crippen LogP contribution in [0.25, 0.3) is 0 Å². The Kier molecular flexibility index (Phi) is 5.00. The van der Waals surface area contributed by atoms with Crippen molar-refractivity contribution in [2.75, 3.05) is 13.6 Å². The fraction of sp³-hybridized carbons (Fsp3) is 0.647. The third kappa shape index (κ3) is 4.63. The molecule has 0 aliphatic heterocycles. The summed E-state index contributed by atoms with van der Waals surface area (Å²) in [6.07, 6.45) is 3.84. The van der Waals surface area contributed by atoms with E-state index in [1.54, 1.807) is 0 Å². The molecule has 1 aliphatic carbocycles. The minimum Gasteiger partial charge on any atom is -0.327 e. The van der Waals surface area contributed by atoms with Gasteiger partial charge < -0.3 is 10.6 Å². The maximum Gasteiger partial charge on any atom is 0.0230 e. The molecule has 0 heterocycles. The molecule has 0 bridgehead atoms. The zero-order valence-corrected chi connectivity index (χ0v) is 12.6. The molecule has 1 aliphatic rings. The lowest BCUT2D eigenvalue weighted by atomic mass is 10.0. The van der Waals surface area contributed by atoms with Crippen LogP contribution in [0.1, 0.15) is 50.2 Å². The highest BCUT2D eigenvalue weighted by molar-refractivity contribution is 5.27. The third-order valence-electron chi connectivity index (χ3n) is 4.18. The summed E-state index contributed by atoms with van der Waals surface area (Å²) in [5.74, 6) is 1.43. The van der Waals surface area contributed by atoms with Crippen molar-refractivity contribution < 1.29 is 0 Å². The molecule has 0 radical (unpaired) electrons. The summed E-state index contributed by atoms with van der Waals surface area (Å²) in [6, 6.07) is 9.50. The smallest absolute Gasteiger partial charge is 0.0230 e. The van der Waals surface area contributed by atoms with E-state index in [4.69, 9.17) is 5.73 Å². The lowest BCUT2D eigenvalue weighted by molar-refractivity contribution is 0.296. The summed E-state index contributed by atoms with van der Waals surface area (Å²) < 4.78 is 0. The van der Waals surface area contributed by atoms with Crippen molar-refractivity contribution in [3.8, 4) is 0 Å². The van der Waals surface area contributed by atoms with Gasteiger partial charge >= 0.3 is 0 Å². The van der Waals surface area contributed by atoms with Gasteiger partial charge in [-0.15, -0.1) is 0 Å². The topological polar surface area (TPSA) is 29.3 Å². The largest absolute Gasteiger partial charge is 0.327 e. The second-order valence-electron chi connectivity index (χ2n) is 6.45. The summed E-state index contributed by atoms with van der Waals surface area (Å²) in [5.41, 5.74) is 9.02. The van der Waals surface area contributed by atoms with Crippen LogP contribution in [-0.2, 0) is 6.54 Å². The van der Waals surface area contributed by atoms with Crippen molar-refractivity contribution in [1.29, 1.82) is 0 Å². The Morgan fingerprint density at radius 3 is 2.37 bits per heavy atom. The monoisotopic (exact) mass is 260 g/mol. The molecule has 2 heteroatoms. The summed E-state index contributed by atoms with van der Waals surface area (Å²) >= 11 is 0. The minimum absolute atomic E-state index is 0.319. The zero-order chi connectivity index (χ0) is 13.8. The molecule has 1 unspecified atom stereocenters. The van der Waals surface area contributed by atoms with Gasteiger partial charge in [0.15, 0.2) is 0 Å². The first-order valence-corrected chi connectivity index (χ1v) is 7.59. The van der Waals surface area contributed by atoms with Gasteiger partial charge in [0.25, 0.3) is 0 Å². The number of hydrogen-bond donors (Lipinski definition) is 1. The van der Waals surface area contributed by atoms with Crippen molar-refractivity contribution in [3.63, 3.8) is 0 Å². The fourth-order valence-electron chi connectivity index (χ4n) is 2.41. The molecule has 1 saturated carbocycles. The van der Waals surface area contributed by atoms with Gasteiger partial charge in [0.05, 0.1) is 0 Å². The van der Waals surface area contributed by atoms with Crippen LogP contribution in [0, 0.1) is 5.92 Å². The van der Waals surface area contributed by atoms with E-state index in [0.717, 1.165) is 25.4 Å². The van der Waals surface area contributed by atoms with Crippen molar-refractivity contribution in [2.24, 2.45) is 11.7 Å². The van der Waals surface area contributed by atoms with Crippen LogP contribution in [0.2, 0.25) is 0 Å². The average Bonchev–Trinajstić information content (AvgIpc) is 3.21. The highest BCUT2D eigenvalue weighted by atomic mass is 15.1. The third-order valence-corrected chi connectivity index (χ3v) is 4.18. The van der Waals surface area contributed by atoms with Gasteiger partial charge in [0, 0.05) is 12.6 Å². The van der Waals surface area contributed by atoms with Crippen molar-refractivity contribution in [1.82, 2.24) is 4.90 Å². The van der Waals surface area contributed by atoms with Crippen molar-refractivity contribution in [2.45, 2.75) is 51.6 Å². The first kappa shape index (κ1) is 14.5. The standard InChI is InChI=1S/C17H28N2/c1-13(2)17(18)10-11-19(3)12-14-4-6-15(7-5-14)16-8-9-16/h4-7,13,16-17H,8-12,18H2,1-3H3. The Hall–Kier alpha value is -0.860. The maximum absolute atomic E-state index is 6.09. The van der Waals surface area contributed by atoms with Crippen LogP contribution in [0.5, 0.6) is 0 Å². The first-order chi connectivity index (χ1) is 9.06. The minimum atomic E-state index is 0.319. The molecule has 0 saturated heterocycles. The molecule has 0 spiro atoms. The Bertz CT molecular complexity index is 379. The van der Waals surface area contributed by atoms with E-state index in [1.165, 1.54) is 24.0 Å². The van der Waals surface area contributed by atoms with E-state index in [1.807, 2.05) is 0 Å². The Morgan fingerprint density at radius 1 is 1.21 bits per heavy atom. The molecule has 2 rings (SSSR count). The van der Waals surface area contributed by atoms with Gasteiger partial charge in [0.2, 0.25) is 0 Å². The van der Waals surface area contributed by atoms with Gasteiger partial charge in [-0.25, -0.2) is 0 Å². The molecule has 19 heavy (non-hydrogen) atoms. The predicted octanol–water partition coefficient (Wildman–Crippen LogP) is 3.37. The summed E-state index contributed by atoms with van der Waals surface area (Å²) in [6.45, 7) is 6.49. The van der Waals surface area contributed by atoms with Crippen LogP contribution in [-0.4, -0.2) is 24.5 Å². The van der Waals surface area contributed by atoms with Gasteiger partial charge in [0.1, 0.15) is 0 Å². The number of benzene rings is 1. The van der Waals surface area contributed by atoms with Crippen molar-refractivity contribution >= 4 is 0 Å².